The van der Waals surface area contributed by atoms with Crippen molar-refractivity contribution in [3.05, 3.63) is 48.4 Å². The summed E-state index contributed by atoms with van der Waals surface area (Å²) in [7, 11) is 1.57. The Morgan fingerprint density at radius 2 is 2.30 bits per heavy atom. The molecule has 1 unspecified atom stereocenters. The highest BCUT2D eigenvalue weighted by Crippen LogP contribution is 2.27. The molecule has 1 aliphatic rings. The maximum atomic E-state index is 12.9. The lowest BCUT2D eigenvalue weighted by molar-refractivity contribution is -0.131. The predicted octanol–water partition coefficient (Wildman–Crippen LogP) is 2.01. The SMILES string of the molecule is CCN(C(=O)NC[C@H]1COCC(=O)N1)C(C)c1cccc(-c2cn3ccnc3c(OC)n2)c1. The van der Waals surface area contributed by atoms with Crippen LogP contribution in [0.3, 0.4) is 0 Å². The van der Waals surface area contributed by atoms with E-state index in [9.17, 15) is 9.59 Å². The first-order valence-electron chi connectivity index (χ1n) is 10.9. The largest absolute Gasteiger partial charge is 0.478 e. The molecule has 174 valence electrons. The summed E-state index contributed by atoms with van der Waals surface area (Å²) in [5, 5.41) is 5.72. The average Bonchev–Trinajstić information content (AvgIpc) is 3.31. The predicted molar refractivity (Wildman–Crippen MR) is 122 cm³/mol. The molecule has 0 radical (unpaired) electrons. The number of hydrogen-bond donors (Lipinski definition) is 2. The molecule has 33 heavy (non-hydrogen) atoms. The van der Waals surface area contributed by atoms with E-state index >= 15 is 0 Å². The van der Waals surface area contributed by atoms with Crippen molar-refractivity contribution in [1.82, 2.24) is 29.9 Å². The van der Waals surface area contributed by atoms with E-state index in [1.165, 1.54) is 0 Å². The Kier molecular flexibility index (Phi) is 6.74. The van der Waals surface area contributed by atoms with Crippen LogP contribution in [0.1, 0.15) is 25.5 Å². The third-order valence-corrected chi connectivity index (χ3v) is 5.69. The lowest BCUT2D eigenvalue weighted by Crippen LogP contribution is -2.53. The van der Waals surface area contributed by atoms with Crippen LogP contribution in [0.15, 0.2) is 42.9 Å². The lowest BCUT2D eigenvalue weighted by Gasteiger charge is -2.30. The average molecular weight is 453 g/mol. The minimum absolute atomic E-state index is 0.0629. The summed E-state index contributed by atoms with van der Waals surface area (Å²) in [6, 6.07) is 7.34. The molecule has 1 aliphatic heterocycles. The topological polar surface area (TPSA) is 110 Å². The Balaban J connectivity index is 1.50. The Bertz CT molecular complexity index is 1150. The summed E-state index contributed by atoms with van der Waals surface area (Å²) in [6.07, 6.45) is 5.45. The van der Waals surface area contributed by atoms with Gasteiger partial charge in [0.2, 0.25) is 5.91 Å². The summed E-state index contributed by atoms with van der Waals surface area (Å²) >= 11 is 0. The third kappa shape index (κ3) is 4.90. The van der Waals surface area contributed by atoms with Crippen LogP contribution in [0.2, 0.25) is 0 Å². The van der Waals surface area contributed by atoms with Gasteiger partial charge in [-0.1, -0.05) is 18.2 Å². The van der Waals surface area contributed by atoms with Gasteiger partial charge in [-0.25, -0.2) is 14.8 Å². The van der Waals surface area contributed by atoms with Crippen molar-refractivity contribution in [3.63, 3.8) is 0 Å². The Labute approximate surface area is 191 Å². The van der Waals surface area contributed by atoms with Gasteiger partial charge in [-0.05, 0) is 25.5 Å². The molecule has 10 heteroatoms. The number of rotatable bonds is 7. The van der Waals surface area contributed by atoms with Crippen LogP contribution in [0.5, 0.6) is 5.88 Å². The summed E-state index contributed by atoms with van der Waals surface area (Å²) in [6.45, 7) is 5.20. The van der Waals surface area contributed by atoms with Gasteiger partial charge in [0, 0.05) is 37.2 Å². The smallest absolute Gasteiger partial charge is 0.317 e. The first kappa shape index (κ1) is 22.5. The monoisotopic (exact) mass is 452 g/mol. The van der Waals surface area contributed by atoms with Crippen LogP contribution >= 0.6 is 0 Å². The van der Waals surface area contributed by atoms with Crippen LogP contribution in [0, 0.1) is 0 Å². The van der Waals surface area contributed by atoms with Gasteiger partial charge in [0.05, 0.1) is 31.5 Å². The van der Waals surface area contributed by atoms with E-state index < -0.39 is 0 Å². The number of nitrogens with zero attached hydrogens (tertiary/aromatic N) is 4. The van der Waals surface area contributed by atoms with Crippen LogP contribution in [0.4, 0.5) is 4.79 Å². The molecule has 4 rings (SSSR count). The molecule has 10 nitrogen and oxygen atoms in total. The number of hydrogen-bond acceptors (Lipinski definition) is 6. The van der Waals surface area contributed by atoms with E-state index in [0.717, 1.165) is 16.8 Å². The number of methoxy groups -OCH3 is 1. The molecule has 2 aromatic heterocycles. The molecule has 3 amide bonds. The second kappa shape index (κ2) is 9.86. The van der Waals surface area contributed by atoms with E-state index in [2.05, 4.69) is 20.6 Å². The van der Waals surface area contributed by atoms with Crippen molar-refractivity contribution in [1.29, 1.82) is 0 Å². The van der Waals surface area contributed by atoms with Gasteiger partial charge in [-0.3, -0.25) is 4.79 Å². The van der Waals surface area contributed by atoms with Gasteiger partial charge in [-0.15, -0.1) is 0 Å². The van der Waals surface area contributed by atoms with Gasteiger partial charge in [0.15, 0.2) is 5.65 Å². The number of carbonyl (C=O) groups is 2. The van der Waals surface area contributed by atoms with Crippen molar-refractivity contribution >= 4 is 17.6 Å². The van der Waals surface area contributed by atoms with Crippen molar-refractivity contribution < 1.29 is 19.1 Å². The standard InChI is InChI=1S/C23H28N6O4/c1-4-29(23(31)25-11-18-13-33-14-20(30)26-18)15(2)16-6-5-7-17(10-16)19-12-28-9-8-24-21(28)22(27-19)32-3/h5-10,12,15,18H,4,11,13-14H2,1-3H3,(H,25,31)(H,26,30)/t15?,18-/m0/s1. The molecule has 1 aromatic carbocycles. The van der Waals surface area contributed by atoms with Gasteiger partial charge >= 0.3 is 6.03 Å². The Hall–Kier alpha value is -3.66. The van der Waals surface area contributed by atoms with Crippen molar-refractivity contribution in [2.75, 3.05) is 33.4 Å². The molecular formula is C23H28N6O4. The number of benzene rings is 1. The summed E-state index contributed by atoms with van der Waals surface area (Å²) < 4.78 is 12.5. The number of imidazole rings is 1. The van der Waals surface area contributed by atoms with Crippen molar-refractivity contribution in [3.8, 4) is 17.1 Å². The van der Waals surface area contributed by atoms with Crippen molar-refractivity contribution in [2.45, 2.75) is 25.9 Å². The fourth-order valence-electron chi connectivity index (χ4n) is 3.94. The third-order valence-electron chi connectivity index (χ3n) is 5.69. The fourth-order valence-corrected chi connectivity index (χ4v) is 3.94. The summed E-state index contributed by atoms with van der Waals surface area (Å²) in [4.78, 5) is 35.0. The number of carbonyl (C=O) groups excluding carboxylic acids is 2. The normalized spacial score (nSPS) is 16.8. The minimum Gasteiger partial charge on any atom is -0.478 e. The van der Waals surface area contributed by atoms with Crippen LogP contribution in [0.25, 0.3) is 16.9 Å². The zero-order chi connectivity index (χ0) is 23.4. The lowest BCUT2D eigenvalue weighted by atomic mass is 10.0. The zero-order valence-corrected chi connectivity index (χ0v) is 18.9. The first-order valence-corrected chi connectivity index (χ1v) is 10.9. The summed E-state index contributed by atoms with van der Waals surface area (Å²) in [5.41, 5.74) is 3.28. The quantitative estimate of drug-likeness (QED) is 0.568. The molecular weight excluding hydrogens is 424 g/mol. The molecule has 1 saturated heterocycles. The van der Waals surface area contributed by atoms with Crippen LogP contribution in [-0.4, -0.2) is 70.7 Å². The van der Waals surface area contributed by atoms with Crippen LogP contribution < -0.4 is 15.4 Å². The second-order valence-corrected chi connectivity index (χ2v) is 7.85. The number of urea groups is 1. The highest BCUT2D eigenvalue weighted by molar-refractivity contribution is 5.78. The fraction of sp³-hybridized carbons (Fsp3) is 0.391. The van der Waals surface area contributed by atoms with E-state index in [0.29, 0.717) is 31.2 Å². The van der Waals surface area contributed by atoms with Gasteiger partial charge in [0.1, 0.15) is 6.61 Å². The minimum atomic E-state index is -0.230. The number of ether oxygens (including phenoxy) is 2. The molecule has 3 heterocycles. The molecule has 2 atom stereocenters. The number of nitrogens with one attached hydrogen (secondary N) is 2. The number of aromatic nitrogens is 3. The van der Waals surface area contributed by atoms with Gasteiger partial charge in [-0.2, -0.15) is 0 Å². The van der Waals surface area contributed by atoms with Crippen LogP contribution in [-0.2, 0) is 9.53 Å². The van der Waals surface area contributed by atoms with E-state index in [1.54, 1.807) is 18.2 Å². The van der Waals surface area contributed by atoms with E-state index in [1.807, 2.05) is 54.9 Å². The molecule has 1 fully saturated rings. The molecule has 2 N–H and O–H groups in total. The van der Waals surface area contributed by atoms with Crippen molar-refractivity contribution in [2.24, 2.45) is 0 Å². The maximum absolute atomic E-state index is 12.9. The molecule has 3 aromatic rings. The Morgan fingerprint density at radius 3 is 3.06 bits per heavy atom. The molecule has 0 spiro atoms. The van der Waals surface area contributed by atoms with Gasteiger partial charge < -0.3 is 29.4 Å². The first-order chi connectivity index (χ1) is 16.0. The number of morpholine rings is 1. The molecule has 0 saturated carbocycles. The maximum Gasteiger partial charge on any atom is 0.317 e. The number of fused-ring (bicyclic) bond motifs is 1. The zero-order valence-electron chi connectivity index (χ0n) is 18.9. The van der Waals surface area contributed by atoms with Gasteiger partial charge in [0.25, 0.3) is 5.88 Å². The molecule has 0 bridgehead atoms. The van der Waals surface area contributed by atoms with E-state index in [4.69, 9.17) is 9.47 Å². The summed E-state index contributed by atoms with van der Waals surface area (Å²) in [5.74, 6) is 0.279. The highest BCUT2D eigenvalue weighted by Gasteiger charge is 2.23. The number of amides is 3. The van der Waals surface area contributed by atoms with E-state index in [-0.39, 0.29) is 30.6 Å². The Morgan fingerprint density at radius 1 is 1.45 bits per heavy atom. The molecule has 0 aliphatic carbocycles. The second-order valence-electron chi connectivity index (χ2n) is 7.85. The highest BCUT2D eigenvalue weighted by atomic mass is 16.5.